The van der Waals surface area contributed by atoms with Gasteiger partial charge in [-0.05, 0) is 31.5 Å². The molecular formula is C15H24N2O2. The molecule has 0 bridgehead atoms. The molecule has 0 saturated heterocycles. The highest BCUT2D eigenvalue weighted by Crippen LogP contribution is 2.24. The van der Waals surface area contributed by atoms with E-state index >= 15 is 0 Å². The van der Waals surface area contributed by atoms with Crippen molar-refractivity contribution in [3.63, 3.8) is 0 Å². The molecule has 19 heavy (non-hydrogen) atoms. The summed E-state index contributed by atoms with van der Waals surface area (Å²) in [6, 6.07) is 5.27. The SMILES string of the molecule is CCCCCN(C)c1cc(C(=O)OCC)ccc1N. The van der Waals surface area contributed by atoms with Crippen molar-refractivity contribution in [1.29, 1.82) is 0 Å². The lowest BCUT2D eigenvalue weighted by atomic mass is 10.1. The zero-order valence-corrected chi connectivity index (χ0v) is 12.1. The Morgan fingerprint density at radius 1 is 1.32 bits per heavy atom. The van der Waals surface area contributed by atoms with Crippen LogP contribution in [-0.2, 0) is 4.74 Å². The van der Waals surface area contributed by atoms with Crippen molar-refractivity contribution in [2.45, 2.75) is 33.1 Å². The van der Waals surface area contributed by atoms with Crippen LogP contribution in [0.5, 0.6) is 0 Å². The van der Waals surface area contributed by atoms with Gasteiger partial charge in [-0.3, -0.25) is 0 Å². The van der Waals surface area contributed by atoms with Crippen LogP contribution < -0.4 is 10.6 Å². The first-order valence-corrected chi connectivity index (χ1v) is 6.87. The summed E-state index contributed by atoms with van der Waals surface area (Å²) < 4.78 is 5.00. The molecule has 4 nitrogen and oxygen atoms in total. The van der Waals surface area contributed by atoms with Crippen LogP contribution in [0.1, 0.15) is 43.5 Å². The normalized spacial score (nSPS) is 10.3. The summed E-state index contributed by atoms with van der Waals surface area (Å²) in [6.07, 6.45) is 3.50. The summed E-state index contributed by atoms with van der Waals surface area (Å²) in [7, 11) is 2.00. The molecule has 1 aromatic carbocycles. The van der Waals surface area contributed by atoms with Crippen molar-refractivity contribution in [1.82, 2.24) is 0 Å². The van der Waals surface area contributed by atoms with Gasteiger partial charge in [-0.1, -0.05) is 19.8 Å². The highest BCUT2D eigenvalue weighted by atomic mass is 16.5. The number of anilines is 2. The Bertz CT molecular complexity index is 419. The Morgan fingerprint density at radius 2 is 2.05 bits per heavy atom. The van der Waals surface area contributed by atoms with Gasteiger partial charge in [0.1, 0.15) is 0 Å². The molecular weight excluding hydrogens is 240 g/mol. The summed E-state index contributed by atoms with van der Waals surface area (Å²) >= 11 is 0. The van der Waals surface area contributed by atoms with Gasteiger partial charge < -0.3 is 15.4 Å². The molecule has 0 aliphatic heterocycles. The van der Waals surface area contributed by atoms with E-state index in [0.29, 0.717) is 17.9 Å². The van der Waals surface area contributed by atoms with Gasteiger partial charge in [0, 0.05) is 13.6 Å². The van der Waals surface area contributed by atoms with Crippen molar-refractivity contribution < 1.29 is 9.53 Å². The summed E-state index contributed by atoms with van der Waals surface area (Å²) in [5.74, 6) is -0.300. The molecule has 0 amide bonds. The number of hydrogen-bond donors (Lipinski definition) is 1. The number of nitrogens with two attached hydrogens (primary N) is 1. The molecule has 0 aliphatic carbocycles. The molecule has 106 valence electrons. The predicted molar refractivity (Wildman–Crippen MR) is 79.6 cm³/mol. The number of hydrogen-bond acceptors (Lipinski definition) is 4. The fourth-order valence-electron chi connectivity index (χ4n) is 1.94. The number of nitrogens with zero attached hydrogens (tertiary/aromatic N) is 1. The van der Waals surface area contributed by atoms with Crippen LogP contribution in [-0.4, -0.2) is 26.2 Å². The third-order valence-corrected chi connectivity index (χ3v) is 3.05. The van der Waals surface area contributed by atoms with Gasteiger partial charge >= 0.3 is 5.97 Å². The van der Waals surface area contributed by atoms with Crippen molar-refractivity contribution in [2.24, 2.45) is 0 Å². The molecule has 2 N–H and O–H groups in total. The van der Waals surface area contributed by atoms with E-state index in [9.17, 15) is 4.79 Å². The molecule has 0 spiro atoms. The largest absolute Gasteiger partial charge is 0.462 e. The number of esters is 1. The Kier molecular flexibility index (Phi) is 6.19. The summed E-state index contributed by atoms with van der Waals surface area (Å²) in [5.41, 5.74) is 8.10. The van der Waals surface area contributed by atoms with E-state index < -0.39 is 0 Å². The molecule has 0 radical (unpaired) electrons. The third-order valence-electron chi connectivity index (χ3n) is 3.05. The lowest BCUT2D eigenvalue weighted by Gasteiger charge is -2.21. The molecule has 0 unspecified atom stereocenters. The summed E-state index contributed by atoms with van der Waals surface area (Å²) in [6.45, 7) is 5.29. The quantitative estimate of drug-likeness (QED) is 0.467. The molecule has 0 atom stereocenters. The minimum atomic E-state index is -0.300. The number of carbonyl (C=O) groups is 1. The predicted octanol–water partition coefficient (Wildman–Crippen LogP) is 3.07. The zero-order valence-electron chi connectivity index (χ0n) is 12.1. The highest BCUT2D eigenvalue weighted by Gasteiger charge is 2.11. The zero-order chi connectivity index (χ0) is 14.3. The Balaban J connectivity index is 2.81. The minimum Gasteiger partial charge on any atom is -0.462 e. The van der Waals surface area contributed by atoms with Crippen LogP contribution in [0.3, 0.4) is 0 Å². The van der Waals surface area contributed by atoms with Gasteiger partial charge in [0.2, 0.25) is 0 Å². The molecule has 1 aromatic rings. The van der Waals surface area contributed by atoms with E-state index in [2.05, 4.69) is 11.8 Å². The van der Waals surface area contributed by atoms with Crippen molar-refractivity contribution in [3.8, 4) is 0 Å². The first kappa shape index (κ1) is 15.3. The number of rotatable bonds is 7. The fourth-order valence-corrected chi connectivity index (χ4v) is 1.94. The van der Waals surface area contributed by atoms with Crippen molar-refractivity contribution in [3.05, 3.63) is 23.8 Å². The maximum Gasteiger partial charge on any atom is 0.338 e. The molecule has 1 rings (SSSR count). The number of ether oxygens (including phenoxy) is 1. The first-order chi connectivity index (χ1) is 9.10. The van der Waals surface area contributed by atoms with Crippen LogP contribution in [0.25, 0.3) is 0 Å². The number of benzene rings is 1. The van der Waals surface area contributed by atoms with Gasteiger partial charge in [-0.25, -0.2) is 4.79 Å². The lowest BCUT2D eigenvalue weighted by Crippen LogP contribution is -2.20. The van der Waals surface area contributed by atoms with Crippen LogP contribution >= 0.6 is 0 Å². The van der Waals surface area contributed by atoms with Gasteiger partial charge in [-0.2, -0.15) is 0 Å². The van der Waals surface area contributed by atoms with E-state index in [1.165, 1.54) is 12.8 Å². The Labute approximate surface area is 115 Å². The third kappa shape index (κ3) is 4.47. The average molecular weight is 264 g/mol. The maximum atomic E-state index is 11.7. The molecule has 0 fully saturated rings. The van der Waals surface area contributed by atoms with Crippen molar-refractivity contribution in [2.75, 3.05) is 30.8 Å². The van der Waals surface area contributed by atoms with Crippen LogP contribution in [0.15, 0.2) is 18.2 Å². The van der Waals surface area contributed by atoms with Gasteiger partial charge in [0.05, 0.1) is 23.5 Å². The topological polar surface area (TPSA) is 55.6 Å². The second kappa shape index (κ2) is 7.67. The Hall–Kier alpha value is -1.71. The molecule has 0 aliphatic rings. The van der Waals surface area contributed by atoms with Crippen LogP contribution in [0.4, 0.5) is 11.4 Å². The number of unbranched alkanes of at least 4 members (excludes halogenated alkanes) is 2. The second-order valence-electron chi connectivity index (χ2n) is 4.62. The number of carbonyl (C=O) groups excluding carboxylic acids is 1. The van der Waals surface area contributed by atoms with Gasteiger partial charge in [-0.15, -0.1) is 0 Å². The monoisotopic (exact) mass is 264 g/mol. The minimum absolute atomic E-state index is 0.300. The van der Waals surface area contributed by atoms with E-state index in [1.54, 1.807) is 25.1 Å². The molecule has 0 heterocycles. The van der Waals surface area contributed by atoms with Crippen LogP contribution in [0.2, 0.25) is 0 Å². The highest BCUT2D eigenvalue weighted by molar-refractivity contribution is 5.92. The van der Waals surface area contributed by atoms with Gasteiger partial charge in [0.15, 0.2) is 0 Å². The fraction of sp³-hybridized carbons (Fsp3) is 0.533. The molecule has 0 aromatic heterocycles. The van der Waals surface area contributed by atoms with E-state index in [4.69, 9.17) is 10.5 Å². The maximum absolute atomic E-state index is 11.7. The van der Waals surface area contributed by atoms with Crippen molar-refractivity contribution >= 4 is 17.3 Å². The van der Waals surface area contributed by atoms with E-state index in [-0.39, 0.29) is 5.97 Å². The average Bonchev–Trinajstić information content (AvgIpc) is 2.39. The molecule has 0 saturated carbocycles. The smallest absolute Gasteiger partial charge is 0.338 e. The summed E-state index contributed by atoms with van der Waals surface area (Å²) in [5, 5.41) is 0. The lowest BCUT2D eigenvalue weighted by molar-refractivity contribution is 0.0526. The van der Waals surface area contributed by atoms with E-state index in [0.717, 1.165) is 18.7 Å². The first-order valence-electron chi connectivity index (χ1n) is 6.87. The van der Waals surface area contributed by atoms with E-state index in [1.807, 2.05) is 7.05 Å². The Morgan fingerprint density at radius 3 is 2.68 bits per heavy atom. The molecule has 4 heteroatoms. The summed E-state index contributed by atoms with van der Waals surface area (Å²) in [4.78, 5) is 13.8. The number of nitrogen functional groups attached to an aromatic ring is 1. The second-order valence-corrected chi connectivity index (χ2v) is 4.62. The van der Waals surface area contributed by atoms with Crippen LogP contribution in [0, 0.1) is 0 Å². The van der Waals surface area contributed by atoms with Gasteiger partial charge in [0.25, 0.3) is 0 Å². The standard InChI is InChI=1S/C15H24N2O2/c1-4-6-7-10-17(3)14-11-12(8-9-13(14)16)15(18)19-5-2/h8-9,11H,4-7,10,16H2,1-3H3.